The largest absolute Gasteiger partial charge is 0.507 e. The second-order valence-electron chi connectivity index (χ2n) is 10.1. The van der Waals surface area contributed by atoms with Crippen molar-refractivity contribution in [1.82, 2.24) is 0 Å². The monoisotopic (exact) mass is 406 g/mol. The van der Waals surface area contributed by atoms with Crippen LogP contribution in [0.3, 0.4) is 0 Å². The quantitative estimate of drug-likeness (QED) is 0.431. The average molecular weight is 407 g/mol. The lowest BCUT2D eigenvalue weighted by atomic mass is 9.78. The summed E-state index contributed by atoms with van der Waals surface area (Å²) in [7, 11) is 0. The molecule has 1 atom stereocenters. The molecule has 160 valence electrons. The van der Waals surface area contributed by atoms with Crippen LogP contribution in [0.5, 0.6) is 5.75 Å². The highest BCUT2D eigenvalue weighted by Crippen LogP contribution is 2.40. The molecule has 0 aliphatic carbocycles. The Balaban J connectivity index is 2.85. The zero-order chi connectivity index (χ0) is 21.5. The number of phenolic OH excluding ortho intramolecular Hbond substituents is 1. The summed E-state index contributed by atoms with van der Waals surface area (Å²) in [6, 6.07) is 4.28. The summed E-state index contributed by atoms with van der Waals surface area (Å²) in [5.41, 5.74) is 3.02. The van der Waals surface area contributed by atoms with Gasteiger partial charge in [-0.25, -0.2) is 0 Å². The number of rotatable bonds is 9. The van der Waals surface area contributed by atoms with E-state index in [1.165, 1.54) is 24.8 Å². The molecule has 0 saturated carbocycles. The number of unbranched alkanes of at least 4 members (excludes halogenated alkanes) is 1. The van der Waals surface area contributed by atoms with E-state index in [1.54, 1.807) is 0 Å². The van der Waals surface area contributed by atoms with Gasteiger partial charge in [0.1, 0.15) is 5.75 Å². The van der Waals surface area contributed by atoms with Crippen LogP contribution >= 0.6 is 12.2 Å². The van der Waals surface area contributed by atoms with Crippen molar-refractivity contribution in [2.75, 3.05) is 6.61 Å². The molecule has 3 heteroatoms. The number of benzene rings is 1. The highest BCUT2D eigenvalue weighted by atomic mass is 32.1. The van der Waals surface area contributed by atoms with E-state index in [-0.39, 0.29) is 10.8 Å². The molecule has 0 aliphatic rings. The third-order valence-electron chi connectivity index (χ3n) is 5.43. The maximum Gasteiger partial charge on any atom is 0.160 e. The van der Waals surface area contributed by atoms with E-state index < -0.39 is 0 Å². The fourth-order valence-electron chi connectivity index (χ4n) is 3.41. The van der Waals surface area contributed by atoms with Gasteiger partial charge >= 0.3 is 0 Å². The number of phenols is 1. The Morgan fingerprint density at radius 2 is 1.57 bits per heavy atom. The van der Waals surface area contributed by atoms with E-state index in [4.69, 9.17) is 17.0 Å². The zero-order valence-electron chi connectivity index (χ0n) is 19.4. The molecule has 28 heavy (non-hydrogen) atoms. The molecular formula is C25H42O2S. The summed E-state index contributed by atoms with van der Waals surface area (Å²) in [4.78, 5) is 0. The van der Waals surface area contributed by atoms with Crippen molar-refractivity contribution in [1.29, 1.82) is 0 Å². The third kappa shape index (κ3) is 7.73. The zero-order valence-corrected chi connectivity index (χ0v) is 20.3. The predicted octanol–water partition coefficient (Wildman–Crippen LogP) is 7.48. The second-order valence-corrected chi connectivity index (χ2v) is 10.6. The van der Waals surface area contributed by atoms with Crippen LogP contribution in [-0.2, 0) is 22.0 Å². The highest BCUT2D eigenvalue weighted by molar-refractivity contribution is 7.80. The average Bonchev–Trinajstić information content (AvgIpc) is 2.58. The molecule has 1 aromatic carbocycles. The van der Waals surface area contributed by atoms with Crippen molar-refractivity contribution < 1.29 is 9.84 Å². The van der Waals surface area contributed by atoms with Crippen molar-refractivity contribution in [2.45, 2.75) is 105 Å². The number of ether oxygens (including phenoxy) is 1. The van der Waals surface area contributed by atoms with Crippen LogP contribution in [0.1, 0.15) is 104 Å². The van der Waals surface area contributed by atoms with Crippen LogP contribution in [-0.4, -0.2) is 16.8 Å². The minimum Gasteiger partial charge on any atom is -0.507 e. The topological polar surface area (TPSA) is 29.5 Å². The van der Waals surface area contributed by atoms with Gasteiger partial charge in [0.15, 0.2) is 5.05 Å². The van der Waals surface area contributed by atoms with Gasteiger partial charge in [-0.1, -0.05) is 86.8 Å². The van der Waals surface area contributed by atoms with E-state index in [0.29, 0.717) is 16.7 Å². The van der Waals surface area contributed by atoms with E-state index in [9.17, 15) is 5.11 Å². The van der Waals surface area contributed by atoms with Gasteiger partial charge in [-0.05, 0) is 58.5 Å². The molecule has 0 aromatic heterocycles. The Kier molecular flexibility index (Phi) is 9.46. The van der Waals surface area contributed by atoms with Gasteiger partial charge in [0.25, 0.3) is 0 Å². The lowest BCUT2D eigenvalue weighted by molar-refractivity contribution is 0.223. The summed E-state index contributed by atoms with van der Waals surface area (Å²) in [5.74, 6) is 1.04. The van der Waals surface area contributed by atoms with Crippen molar-refractivity contribution in [2.24, 2.45) is 5.92 Å². The van der Waals surface area contributed by atoms with Crippen LogP contribution in [0.25, 0.3) is 0 Å². The normalized spacial score (nSPS) is 13.4. The summed E-state index contributed by atoms with van der Waals surface area (Å²) < 4.78 is 5.91. The summed E-state index contributed by atoms with van der Waals surface area (Å²) in [6.45, 7) is 18.1. The molecule has 0 aliphatic heterocycles. The first kappa shape index (κ1) is 24.9. The van der Waals surface area contributed by atoms with Gasteiger partial charge in [-0.15, -0.1) is 0 Å². The molecule has 1 unspecified atom stereocenters. The number of hydrogen-bond donors (Lipinski definition) is 1. The molecule has 0 bridgehead atoms. The van der Waals surface area contributed by atoms with Gasteiger partial charge in [0.2, 0.25) is 0 Å². The lowest BCUT2D eigenvalue weighted by Gasteiger charge is -2.28. The standard InChI is InChI=1S/C25H42O2S/c1-9-11-12-18(10-2)17-27-22(28)14-13-19-15-20(24(3,4)5)23(26)21(16-19)25(6,7)8/h15-16,18,26H,9-14,17H2,1-8H3. The first-order valence-electron chi connectivity index (χ1n) is 10.9. The minimum atomic E-state index is -0.106. The highest BCUT2D eigenvalue weighted by Gasteiger charge is 2.26. The van der Waals surface area contributed by atoms with Gasteiger partial charge < -0.3 is 9.84 Å². The predicted molar refractivity (Wildman–Crippen MR) is 126 cm³/mol. The Bertz CT molecular complexity index is 600. The summed E-state index contributed by atoms with van der Waals surface area (Å²) >= 11 is 5.50. The van der Waals surface area contributed by atoms with Crippen molar-refractivity contribution in [3.8, 4) is 5.75 Å². The SMILES string of the molecule is CCCCC(CC)COC(=S)CCc1cc(C(C)(C)C)c(O)c(C(C)(C)C)c1. The molecule has 0 saturated heterocycles. The van der Waals surface area contributed by atoms with E-state index in [0.717, 1.165) is 37.0 Å². The van der Waals surface area contributed by atoms with Crippen LogP contribution in [0.2, 0.25) is 0 Å². The van der Waals surface area contributed by atoms with Crippen molar-refractivity contribution in [3.63, 3.8) is 0 Å². The first-order valence-corrected chi connectivity index (χ1v) is 11.3. The Morgan fingerprint density at radius 1 is 1.04 bits per heavy atom. The molecular weight excluding hydrogens is 364 g/mol. The summed E-state index contributed by atoms with van der Waals surface area (Å²) in [5, 5.41) is 11.6. The number of hydrogen-bond acceptors (Lipinski definition) is 3. The number of aromatic hydroxyl groups is 1. The van der Waals surface area contributed by atoms with Crippen LogP contribution in [0, 0.1) is 5.92 Å². The molecule has 1 rings (SSSR count). The van der Waals surface area contributed by atoms with Gasteiger partial charge in [0.05, 0.1) is 6.61 Å². The summed E-state index contributed by atoms with van der Waals surface area (Å²) in [6.07, 6.45) is 6.44. The van der Waals surface area contributed by atoms with Gasteiger partial charge in [-0.2, -0.15) is 0 Å². The lowest BCUT2D eigenvalue weighted by Crippen LogP contribution is -2.18. The Morgan fingerprint density at radius 3 is 2.00 bits per heavy atom. The maximum absolute atomic E-state index is 10.9. The van der Waals surface area contributed by atoms with E-state index >= 15 is 0 Å². The smallest absolute Gasteiger partial charge is 0.160 e. The fraction of sp³-hybridized carbons (Fsp3) is 0.720. The third-order valence-corrected chi connectivity index (χ3v) is 5.75. The van der Waals surface area contributed by atoms with Gasteiger partial charge in [-0.3, -0.25) is 0 Å². The fourth-order valence-corrected chi connectivity index (χ4v) is 3.58. The van der Waals surface area contributed by atoms with Crippen LogP contribution in [0.15, 0.2) is 12.1 Å². The number of aryl methyl sites for hydroxylation is 1. The van der Waals surface area contributed by atoms with Crippen molar-refractivity contribution in [3.05, 3.63) is 28.8 Å². The first-order chi connectivity index (χ1) is 12.9. The maximum atomic E-state index is 10.9. The molecule has 0 fully saturated rings. The molecule has 2 nitrogen and oxygen atoms in total. The van der Waals surface area contributed by atoms with Gasteiger partial charge in [0, 0.05) is 6.42 Å². The van der Waals surface area contributed by atoms with E-state index in [1.807, 2.05) is 0 Å². The molecule has 1 N–H and O–H groups in total. The minimum absolute atomic E-state index is 0.106. The van der Waals surface area contributed by atoms with Crippen LogP contribution in [0.4, 0.5) is 0 Å². The molecule has 0 heterocycles. The molecule has 0 radical (unpaired) electrons. The van der Waals surface area contributed by atoms with E-state index in [2.05, 4.69) is 67.5 Å². The Labute approximate surface area is 179 Å². The number of thiocarbonyl (C=S) groups is 1. The second kappa shape index (κ2) is 10.6. The van der Waals surface area contributed by atoms with Crippen LogP contribution < -0.4 is 0 Å². The molecule has 0 amide bonds. The molecule has 0 spiro atoms. The Hall–Kier alpha value is -1.09. The molecule has 1 aromatic rings. The van der Waals surface area contributed by atoms with Crippen molar-refractivity contribution >= 4 is 17.3 Å².